The highest BCUT2D eigenvalue weighted by molar-refractivity contribution is 6.09. The first-order valence-electron chi connectivity index (χ1n) is 14.6. The van der Waals surface area contributed by atoms with Gasteiger partial charge in [-0.1, -0.05) is 26.8 Å². The number of piperidine rings is 1. The highest BCUT2D eigenvalue weighted by Crippen LogP contribution is 2.37. The van der Waals surface area contributed by atoms with Crippen molar-refractivity contribution in [2.45, 2.75) is 64.2 Å². The van der Waals surface area contributed by atoms with Gasteiger partial charge in [-0.3, -0.25) is 14.6 Å². The lowest BCUT2D eigenvalue weighted by atomic mass is 9.84. The molecule has 0 atom stereocenters. The average Bonchev–Trinajstić information content (AvgIpc) is 3.66. The van der Waals surface area contributed by atoms with Gasteiger partial charge in [0.2, 0.25) is 0 Å². The monoisotopic (exact) mass is 609 g/mol. The minimum atomic E-state index is -4.62. The van der Waals surface area contributed by atoms with Crippen LogP contribution in [0, 0.1) is 11.3 Å². The minimum absolute atomic E-state index is 0.198. The first-order valence-corrected chi connectivity index (χ1v) is 14.6. The first kappa shape index (κ1) is 32.5. The molecule has 2 N–H and O–H groups in total. The lowest BCUT2D eigenvalue weighted by Crippen LogP contribution is -2.66. The molecule has 5 heterocycles. The number of nitriles is 1. The summed E-state index contributed by atoms with van der Waals surface area (Å²) in [7, 11) is 0. The molecule has 2 aromatic rings. The number of rotatable bonds is 6. The van der Waals surface area contributed by atoms with Crippen LogP contribution in [0.1, 0.15) is 57.6 Å². The van der Waals surface area contributed by atoms with Crippen molar-refractivity contribution in [3.05, 3.63) is 72.6 Å². The van der Waals surface area contributed by atoms with Gasteiger partial charge < -0.3 is 15.5 Å². The predicted molar refractivity (Wildman–Crippen MR) is 163 cm³/mol. The molecule has 2 amide bonds. The molecule has 44 heavy (non-hydrogen) atoms. The van der Waals surface area contributed by atoms with Gasteiger partial charge in [-0.05, 0) is 43.7 Å². The Hall–Kier alpha value is -4.44. The van der Waals surface area contributed by atoms with Gasteiger partial charge in [-0.25, -0.2) is 9.79 Å². The fourth-order valence-electron chi connectivity index (χ4n) is 5.59. The van der Waals surface area contributed by atoms with Gasteiger partial charge in [-0.15, -0.1) is 0 Å². The summed E-state index contributed by atoms with van der Waals surface area (Å²) in [4.78, 5) is 24.4. The van der Waals surface area contributed by atoms with Gasteiger partial charge in [0.05, 0.1) is 29.9 Å². The average molecular weight is 610 g/mol. The second-order valence-electron chi connectivity index (χ2n) is 11.1. The molecular weight excluding hydrogens is 571 g/mol. The van der Waals surface area contributed by atoms with E-state index in [4.69, 9.17) is 0 Å². The SMILES string of the molecule is C=CNC1=NC=C/C1=C(/C)c1cnn(C2(CC#N)CN(C3CCN(C(=O)Nc4ccncc4C(F)(F)F)CC3)C2)c1.CCC. The second kappa shape index (κ2) is 13.9. The molecular formula is C31H38F3N9O. The zero-order valence-electron chi connectivity index (χ0n) is 25.2. The number of allylic oxidation sites excluding steroid dienone is 1. The molecule has 0 spiro atoms. The number of aliphatic imine (C=N–C) groups is 1. The number of nitrogens with zero attached hydrogens (tertiary/aromatic N) is 7. The summed E-state index contributed by atoms with van der Waals surface area (Å²) in [6, 6.07) is 3.10. The number of carbonyl (C=O) groups is 1. The van der Waals surface area contributed by atoms with E-state index in [1.165, 1.54) is 17.5 Å². The number of alkyl halides is 3. The zero-order valence-corrected chi connectivity index (χ0v) is 25.2. The highest BCUT2D eigenvalue weighted by Gasteiger charge is 2.48. The van der Waals surface area contributed by atoms with E-state index in [0.29, 0.717) is 57.5 Å². The van der Waals surface area contributed by atoms with Crippen LogP contribution in [0.25, 0.3) is 5.57 Å². The van der Waals surface area contributed by atoms with Gasteiger partial charge in [0.25, 0.3) is 0 Å². The van der Waals surface area contributed by atoms with Gasteiger partial charge in [0.15, 0.2) is 0 Å². The number of anilines is 1. The van der Waals surface area contributed by atoms with E-state index < -0.39 is 23.3 Å². The highest BCUT2D eigenvalue weighted by atomic mass is 19.4. The number of hydrogen-bond donors (Lipinski definition) is 2. The van der Waals surface area contributed by atoms with E-state index in [0.717, 1.165) is 22.8 Å². The van der Waals surface area contributed by atoms with Crippen molar-refractivity contribution in [3.8, 4) is 6.07 Å². The standard InChI is InChI=1S/C28H30F3N9O.C3H8/c1-3-34-25-22(4-11-35-25)19(2)20-14-36-40(16-20)27(8-9-32)17-39(18-27)21-6-12-38(13-7-21)26(41)37-24-5-10-33-15-23(24)28(29,30)31;1-3-2/h3-5,10-11,14-16,21H,1,6-8,12-13,17-18H2,2H3,(H,34,35)(H,33,37,41);3H2,1-2H3/b22-19+;. The number of amidine groups is 1. The maximum Gasteiger partial charge on any atom is 0.419 e. The van der Waals surface area contributed by atoms with Crippen molar-refractivity contribution in [2.75, 3.05) is 31.5 Å². The Morgan fingerprint density at radius 2 is 1.95 bits per heavy atom. The number of hydrogen-bond acceptors (Lipinski definition) is 7. The smallest absolute Gasteiger partial charge is 0.347 e. The van der Waals surface area contributed by atoms with Crippen LogP contribution in [0.15, 0.2) is 66.5 Å². The number of likely N-dealkylation sites (tertiary alicyclic amines) is 2. The molecule has 2 fully saturated rings. The number of urea groups is 1. The van der Waals surface area contributed by atoms with Crippen LogP contribution in [-0.2, 0) is 11.7 Å². The molecule has 5 rings (SSSR count). The van der Waals surface area contributed by atoms with E-state index in [1.54, 1.807) is 18.6 Å². The normalized spacial score (nSPS) is 19.2. The van der Waals surface area contributed by atoms with Crippen molar-refractivity contribution in [1.29, 1.82) is 5.26 Å². The second-order valence-corrected chi connectivity index (χ2v) is 11.1. The molecule has 0 unspecified atom stereocenters. The number of halogens is 3. The molecule has 2 aromatic heterocycles. The number of nitrogens with one attached hydrogen (secondary N) is 2. The topological polar surface area (TPSA) is 114 Å². The van der Waals surface area contributed by atoms with Gasteiger partial charge in [0.1, 0.15) is 11.4 Å². The van der Waals surface area contributed by atoms with Gasteiger partial charge >= 0.3 is 12.2 Å². The summed E-state index contributed by atoms with van der Waals surface area (Å²) >= 11 is 0. The fourth-order valence-corrected chi connectivity index (χ4v) is 5.59. The predicted octanol–water partition coefficient (Wildman–Crippen LogP) is 5.77. The molecule has 10 nitrogen and oxygen atoms in total. The van der Waals surface area contributed by atoms with E-state index in [-0.39, 0.29) is 11.7 Å². The fraction of sp³-hybridized carbons (Fsp3) is 0.452. The van der Waals surface area contributed by atoms with E-state index in [1.807, 2.05) is 23.9 Å². The Morgan fingerprint density at radius 3 is 2.59 bits per heavy atom. The quantitative estimate of drug-likeness (QED) is 0.430. The Kier molecular flexibility index (Phi) is 10.3. The van der Waals surface area contributed by atoms with E-state index in [9.17, 15) is 23.2 Å². The Balaban J connectivity index is 0.00000141. The molecule has 0 radical (unpaired) electrons. The maximum atomic E-state index is 13.3. The molecule has 3 aliphatic rings. The Morgan fingerprint density at radius 1 is 1.25 bits per heavy atom. The Bertz CT molecular complexity index is 1470. The minimum Gasteiger partial charge on any atom is -0.347 e. The summed E-state index contributed by atoms with van der Waals surface area (Å²) in [5.41, 5.74) is 1.14. The van der Waals surface area contributed by atoms with Crippen LogP contribution in [0.3, 0.4) is 0 Å². The molecule has 0 saturated carbocycles. The third kappa shape index (κ3) is 7.02. The van der Waals surface area contributed by atoms with Crippen LogP contribution in [0.5, 0.6) is 0 Å². The molecule has 2 saturated heterocycles. The van der Waals surface area contributed by atoms with Crippen LogP contribution in [-0.4, -0.2) is 68.7 Å². The third-order valence-corrected chi connectivity index (χ3v) is 7.88. The number of carbonyl (C=O) groups excluding carboxylic acids is 1. The first-order chi connectivity index (χ1) is 21.1. The molecule has 0 aliphatic carbocycles. The van der Waals surface area contributed by atoms with Crippen molar-refractivity contribution in [3.63, 3.8) is 0 Å². The van der Waals surface area contributed by atoms with Gasteiger partial charge in [0, 0.05) is 68.1 Å². The zero-order chi connectivity index (χ0) is 31.9. The molecule has 0 aromatic carbocycles. The Labute approximate surface area is 255 Å². The van der Waals surface area contributed by atoms with E-state index >= 15 is 0 Å². The summed E-state index contributed by atoms with van der Waals surface area (Å²) < 4.78 is 41.7. The van der Waals surface area contributed by atoms with Gasteiger partial charge in [-0.2, -0.15) is 23.5 Å². The van der Waals surface area contributed by atoms with E-state index in [2.05, 4.69) is 57.1 Å². The number of pyridine rings is 1. The third-order valence-electron chi connectivity index (χ3n) is 7.88. The largest absolute Gasteiger partial charge is 0.419 e. The molecule has 3 aliphatic heterocycles. The van der Waals surface area contributed by atoms with Crippen molar-refractivity contribution < 1.29 is 18.0 Å². The van der Waals surface area contributed by atoms with Crippen molar-refractivity contribution in [1.82, 2.24) is 29.9 Å². The molecule has 0 bridgehead atoms. The summed E-state index contributed by atoms with van der Waals surface area (Å²) in [6.45, 7) is 12.1. The lowest BCUT2D eigenvalue weighted by molar-refractivity contribution is -0.137. The van der Waals surface area contributed by atoms with Crippen LogP contribution < -0.4 is 10.6 Å². The summed E-state index contributed by atoms with van der Waals surface area (Å²) in [5.74, 6) is 0.716. The maximum absolute atomic E-state index is 13.3. The van der Waals surface area contributed by atoms with Crippen LogP contribution >= 0.6 is 0 Å². The summed E-state index contributed by atoms with van der Waals surface area (Å²) in [5, 5.41) is 19.7. The van der Waals surface area contributed by atoms with Crippen molar-refractivity contribution >= 4 is 23.1 Å². The van der Waals surface area contributed by atoms with Crippen molar-refractivity contribution in [2.24, 2.45) is 4.99 Å². The van der Waals surface area contributed by atoms with Crippen LogP contribution in [0.2, 0.25) is 0 Å². The lowest BCUT2D eigenvalue weighted by Gasteiger charge is -2.53. The molecule has 13 heteroatoms. The number of amides is 2. The number of aromatic nitrogens is 3. The summed E-state index contributed by atoms with van der Waals surface area (Å²) in [6.07, 6.45) is 9.21. The van der Waals surface area contributed by atoms with Crippen LogP contribution in [0.4, 0.5) is 23.7 Å². The molecule has 234 valence electrons.